The SMILES string of the molecule is CS(=O)(=O)c1cccc(N2CCC(C3c4c(F)cccc4-c4c(OC(=O)C(F)(F)F)ncn43)CC2)c1. The van der Waals surface area contributed by atoms with E-state index >= 15 is 4.39 Å². The molecule has 3 heterocycles. The van der Waals surface area contributed by atoms with Gasteiger partial charge >= 0.3 is 12.1 Å². The summed E-state index contributed by atoms with van der Waals surface area (Å²) >= 11 is 0. The minimum Gasteiger partial charge on any atom is -0.398 e. The number of hydrogen-bond acceptors (Lipinski definition) is 6. The van der Waals surface area contributed by atoms with Crippen LogP contribution in [0.2, 0.25) is 0 Å². The van der Waals surface area contributed by atoms with Crippen LogP contribution < -0.4 is 9.64 Å². The van der Waals surface area contributed by atoms with Crippen LogP contribution >= 0.6 is 0 Å². The number of aromatic nitrogens is 2. The van der Waals surface area contributed by atoms with Crippen molar-refractivity contribution in [2.24, 2.45) is 5.92 Å². The Morgan fingerprint density at radius 2 is 1.81 bits per heavy atom. The first-order valence-electron chi connectivity index (χ1n) is 11.1. The Balaban J connectivity index is 1.43. The maximum absolute atomic E-state index is 15.0. The number of fused-ring (bicyclic) bond motifs is 3. The van der Waals surface area contributed by atoms with Crippen LogP contribution in [0.15, 0.2) is 53.7 Å². The van der Waals surface area contributed by atoms with Crippen molar-refractivity contribution in [3.63, 3.8) is 0 Å². The first-order valence-corrected chi connectivity index (χ1v) is 13.0. The van der Waals surface area contributed by atoms with Crippen LogP contribution in [0.1, 0.15) is 24.4 Å². The molecule has 36 heavy (non-hydrogen) atoms. The van der Waals surface area contributed by atoms with E-state index in [2.05, 4.69) is 9.72 Å². The van der Waals surface area contributed by atoms with Gasteiger partial charge in [0.15, 0.2) is 9.84 Å². The highest BCUT2D eigenvalue weighted by molar-refractivity contribution is 7.90. The van der Waals surface area contributed by atoms with Gasteiger partial charge in [-0.3, -0.25) is 0 Å². The van der Waals surface area contributed by atoms with Crippen LogP contribution in [0.3, 0.4) is 0 Å². The summed E-state index contributed by atoms with van der Waals surface area (Å²) in [5.74, 6) is -3.49. The fraction of sp³-hybridized carbons (Fsp3) is 0.333. The van der Waals surface area contributed by atoms with E-state index in [1.54, 1.807) is 22.8 Å². The Hall–Kier alpha value is -3.41. The molecule has 7 nitrogen and oxygen atoms in total. The van der Waals surface area contributed by atoms with Crippen molar-refractivity contribution in [2.45, 2.75) is 30.0 Å². The zero-order valence-corrected chi connectivity index (χ0v) is 19.8. The smallest absolute Gasteiger partial charge is 0.398 e. The summed E-state index contributed by atoms with van der Waals surface area (Å²) in [5, 5.41) is 0. The number of nitrogens with zero attached hydrogens (tertiary/aromatic N) is 3. The van der Waals surface area contributed by atoms with Crippen LogP contribution in [0.25, 0.3) is 11.3 Å². The lowest BCUT2D eigenvalue weighted by atomic mass is 9.85. The first kappa shape index (κ1) is 24.3. The summed E-state index contributed by atoms with van der Waals surface area (Å²) in [6.45, 7) is 1.14. The Morgan fingerprint density at radius 1 is 1.11 bits per heavy atom. The quantitative estimate of drug-likeness (QED) is 0.373. The van der Waals surface area contributed by atoms with E-state index in [1.165, 1.54) is 24.5 Å². The summed E-state index contributed by atoms with van der Waals surface area (Å²) in [4.78, 5) is 17.6. The summed E-state index contributed by atoms with van der Waals surface area (Å²) in [7, 11) is -3.36. The third-order valence-corrected chi connectivity index (χ3v) is 7.79. The highest BCUT2D eigenvalue weighted by Crippen LogP contribution is 2.50. The summed E-state index contributed by atoms with van der Waals surface area (Å²) in [5.41, 5.74) is 1.57. The molecule has 3 aromatic rings. The van der Waals surface area contributed by atoms with Crippen LogP contribution in [-0.4, -0.2) is 49.5 Å². The van der Waals surface area contributed by atoms with Crippen molar-refractivity contribution in [2.75, 3.05) is 24.2 Å². The standard InChI is InChI=1S/C24H21F4N3O4S/c1-36(33,34)16-5-2-4-15(12-16)30-10-8-14(9-11-30)20-19-17(6-3-7-18(19)25)21-22(29-13-31(20)21)35-23(32)24(26,27)28/h2-7,12-14,20H,8-11H2,1H3. The molecule has 1 fully saturated rings. The summed E-state index contributed by atoms with van der Waals surface area (Å²) in [6.07, 6.45) is -1.55. The number of carbonyl (C=O) groups is 1. The Kier molecular flexibility index (Phi) is 5.81. The number of sulfone groups is 1. The Morgan fingerprint density at radius 3 is 2.47 bits per heavy atom. The van der Waals surface area contributed by atoms with E-state index in [0.717, 1.165) is 11.9 Å². The zero-order valence-electron chi connectivity index (χ0n) is 19.0. The van der Waals surface area contributed by atoms with Crippen molar-refractivity contribution in [3.8, 4) is 17.1 Å². The van der Waals surface area contributed by atoms with Crippen molar-refractivity contribution >= 4 is 21.5 Å². The summed E-state index contributed by atoms with van der Waals surface area (Å²) in [6, 6.07) is 10.4. The molecule has 0 spiro atoms. The molecule has 1 atom stereocenters. The molecular formula is C24H21F4N3O4S. The van der Waals surface area contributed by atoms with Gasteiger partial charge in [0, 0.05) is 36.2 Å². The molecule has 0 saturated carbocycles. The van der Waals surface area contributed by atoms with Gasteiger partial charge in [-0.2, -0.15) is 13.2 Å². The molecule has 2 aliphatic heterocycles. The fourth-order valence-corrected chi connectivity index (χ4v) is 5.72. The molecule has 1 unspecified atom stereocenters. The van der Waals surface area contributed by atoms with Crippen molar-refractivity contribution < 1.29 is 35.5 Å². The van der Waals surface area contributed by atoms with Gasteiger partial charge < -0.3 is 14.2 Å². The molecular weight excluding hydrogens is 502 g/mol. The normalized spacial score (nSPS) is 18.1. The van der Waals surface area contributed by atoms with Crippen molar-refractivity contribution in [1.29, 1.82) is 0 Å². The number of anilines is 1. The van der Waals surface area contributed by atoms with E-state index in [4.69, 9.17) is 0 Å². The van der Waals surface area contributed by atoms with Gasteiger partial charge in [0.05, 0.1) is 17.3 Å². The molecule has 0 bridgehead atoms. The lowest BCUT2D eigenvalue weighted by molar-refractivity contribution is -0.189. The van der Waals surface area contributed by atoms with Gasteiger partial charge in [-0.15, -0.1) is 0 Å². The first-order chi connectivity index (χ1) is 16.9. The largest absolute Gasteiger partial charge is 0.491 e. The summed E-state index contributed by atoms with van der Waals surface area (Å²) < 4.78 is 83.3. The number of ether oxygens (including phenoxy) is 1. The molecule has 0 radical (unpaired) electrons. The zero-order chi connectivity index (χ0) is 25.8. The maximum atomic E-state index is 15.0. The van der Waals surface area contributed by atoms with E-state index < -0.39 is 39.7 Å². The number of piperidine rings is 1. The number of alkyl halides is 3. The van der Waals surface area contributed by atoms with Gasteiger partial charge in [0.25, 0.3) is 0 Å². The van der Waals surface area contributed by atoms with E-state index in [0.29, 0.717) is 37.1 Å². The topological polar surface area (TPSA) is 81.5 Å². The van der Waals surface area contributed by atoms with Gasteiger partial charge in [0.2, 0.25) is 5.88 Å². The number of esters is 1. The van der Waals surface area contributed by atoms with Gasteiger partial charge in [-0.05, 0) is 43.0 Å². The second-order valence-electron chi connectivity index (χ2n) is 8.93. The number of halogens is 4. The molecule has 12 heteroatoms. The van der Waals surface area contributed by atoms with Crippen LogP contribution in [0.4, 0.5) is 23.2 Å². The minimum absolute atomic E-state index is 0.0865. The van der Waals surface area contributed by atoms with Crippen LogP contribution in [0, 0.1) is 11.7 Å². The lowest BCUT2D eigenvalue weighted by Gasteiger charge is -2.37. The predicted molar refractivity (Wildman–Crippen MR) is 122 cm³/mol. The van der Waals surface area contributed by atoms with E-state index in [1.807, 2.05) is 11.0 Å². The van der Waals surface area contributed by atoms with Crippen LogP contribution in [-0.2, 0) is 14.6 Å². The van der Waals surface area contributed by atoms with E-state index in [-0.39, 0.29) is 16.5 Å². The number of hydrogen-bond donors (Lipinski definition) is 0. The predicted octanol–water partition coefficient (Wildman–Crippen LogP) is 4.38. The number of imidazole rings is 1. The monoisotopic (exact) mass is 523 g/mol. The molecule has 2 aromatic carbocycles. The minimum atomic E-state index is -5.19. The molecule has 1 saturated heterocycles. The van der Waals surface area contributed by atoms with Crippen molar-refractivity contribution in [1.82, 2.24) is 9.55 Å². The van der Waals surface area contributed by atoms with Gasteiger partial charge in [-0.1, -0.05) is 18.2 Å². The lowest BCUT2D eigenvalue weighted by Crippen LogP contribution is -2.36. The average molecular weight is 524 g/mol. The molecule has 0 amide bonds. The molecule has 1 aromatic heterocycles. The number of carbonyl (C=O) groups excluding carboxylic acids is 1. The molecule has 0 N–H and O–H groups in total. The number of benzene rings is 2. The van der Waals surface area contributed by atoms with Crippen molar-refractivity contribution in [3.05, 3.63) is 60.2 Å². The molecule has 0 aliphatic carbocycles. The highest BCUT2D eigenvalue weighted by Gasteiger charge is 2.44. The molecule has 5 rings (SSSR count). The van der Waals surface area contributed by atoms with Gasteiger partial charge in [-0.25, -0.2) is 22.6 Å². The third kappa shape index (κ3) is 4.23. The average Bonchev–Trinajstić information content (AvgIpc) is 3.37. The Labute approximate surface area is 204 Å². The second kappa shape index (κ2) is 8.61. The second-order valence-corrected chi connectivity index (χ2v) is 10.9. The molecule has 2 aliphatic rings. The van der Waals surface area contributed by atoms with Crippen LogP contribution in [0.5, 0.6) is 5.88 Å². The fourth-order valence-electron chi connectivity index (χ4n) is 5.06. The Bertz CT molecular complexity index is 1440. The highest BCUT2D eigenvalue weighted by atomic mass is 32.2. The molecule has 190 valence electrons. The van der Waals surface area contributed by atoms with E-state index in [9.17, 15) is 26.4 Å². The third-order valence-electron chi connectivity index (χ3n) is 6.68. The van der Waals surface area contributed by atoms with Gasteiger partial charge in [0.1, 0.15) is 11.5 Å². The number of rotatable bonds is 4. The maximum Gasteiger partial charge on any atom is 0.491 e.